The number of fused-ring (bicyclic) bond motifs is 1. The molecule has 142 valence electrons. The van der Waals surface area contributed by atoms with Gasteiger partial charge in [0.2, 0.25) is 0 Å². The van der Waals surface area contributed by atoms with E-state index < -0.39 is 59.4 Å². The van der Waals surface area contributed by atoms with E-state index in [1.165, 1.54) is 28.4 Å². The molecule has 4 aliphatic rings. The maximum absolute atomic E-state index is 12.4. The van der Waals surface area contributed by atoms with E-state index >= 15 is 0 Å². The molecule has 0 radical (unpaired) electrons. The minimum atomic E-state index is -0.755. The second-order valence-corrected chi connectivity index (χ2v) is 6.89. The summed E-state index contributed by atoms with van der Waals surface area (Å²) in [6.07, 6.45) is 3.69. The molecule has 0 amide bonds. The van der Waals surface area contributed by atoms with Crippen LogP contribution >= 0.6 is 0 Å². The number of ether oxygens (including phenoxy) is 4. The number of allylic oxidation sites excluding steroid dienone is 2. The fraction of sp³-hybridized carbons (Fsp3) is 0.667. The third-order valence-electron chi connectivity index (χ3n) is 6.21. The number of carbonyl (C=O) groups is 4. The fourth-order valence-electron chi connectivity index (χ4n) is 5.27. The van der Waals surface area contributed by atoms with Crippen molar-refractivity contribution in [1.82, 2.24) is 0 Å². The average molecular weight is 366 g/mol. The van der Waals surface area contributed by atoms with Crippen LogP contribution in [-0.2, 0) is 38.1 Å². The predicted octanol–water partition coefficient (Wildman–Crippen LogP) is 0.205. The van der Waals surface area contributed by atoms with Crippen molar-refractivity contribution in [2.24, 2.45) is 47.3 Å². The second-order valence-electron chi connectivity index (χ2n) is 6.89. The van der Waals surface area contributed by atoms with Crippen LogP contribution in [0.25, 0.3) is 0 Å². The molecule has 0 aromatic carbocycles. The first-order chi connectivity index (χ1) is 12.4. The van der Waals surface area contributed by atoms with Crippen molar-refractivity contribution < 1.29 is 38.1 Å². The van der Waals surface area contributed by atoms with Crippen LogP contribution in [0.2, 0.25) is 0 Å². The standard InChI is InChI=1S/C18H22O8/c1-23-15(19)11-7-5-6-8(12(11)16(20)24-2)10-9(7)13(17(21)25-3)14(10)18(22)26-4/h5-14H,1-4H3/t7-,8+,9-,10-,11+,12-,13+,14-/m0/s1. The van der Waals surface area contributed by atoms with Gasteiger partial charge in [-0.05, 0) is 23.7 Å². The molecule has 2 bridgehead atoms. The molecule has 8 nitrogen and oxygen atoms in total. The molecule has 4 rings (SSSR count). The van der Waals surface area contributed by atoms with E-state index in [-0.39, 0.29) is 11.8 Å². The number of methoxy groups -OCH3 is 4. The van der Waals surface area contributed by atoms with E-state index in [0.717, 1.165) is 0 Å². The van der Waals surface area contributed by atoms with E-state index in [9.17, 15) is 19.2 Å². The Balaban J connectivity index is 2.05. The Morgan fingerprint density at radius 3 is 1.08 bits per heavy atom. The number of hydrogen-bond acceptors (Lipinski definition) is 8. The molecule has 4 aliphatic carbocycles. The maximum atomic E-state index is 12.4. The van der Waals surface area contributed by atoms with Crippen LogP contribution in [0.15, 0.2) is 12.2 Å². The zero-order chi connectivity index (χ0) is 19.2. The molecule has 0 N–H and O–H groups in total. The summed E-state index contributed by atoms with van der Waals surface area (Å²) in [5.41, 5.74) is 0. The molecule has 8 atom stereocenters. The molecule has 0 aromatic rings. The number of rotatable bonds is 4. The minimum Gasteiger partial charge on any atom is -0.469 e. The molecular formula is C18H22O8. The zero-order valence-corrected chi connectivity index (χ0v) is 15.0. The van der Waals surface area contributed by atoms with Crippen LogP contribution in [0.4, 0.5) is 0 Å². The third-order valence-corrected chi connectivity index (χ3v) is 6.21. The molecule has 0 saturated heterocycles. The van der Waals surface area contributed by atoms with Gasteiger partial charge in [-0.1, -0.05) is 12.2 Å². The lowest BCUT2D eigenvalue weighted by Gasteiger charge is -2.62. The highest BCUT2D eigenvalue weighted by Gasteiger charge is 2.70. The van der Waals surface area contributed by atoms with E-state index in [1.807, 2.05) is 12.2 Å². The van der Waals surface area contributed by atoms with Crippen LogP contribution in [0, 0.1) is 47.3 Å². The van der Waals surface area contributed by atoms with Crippen molar-refractivity contribution in [3.63, 3.8) is 0 Å². The highest BCUT2D eigenvalue weighted by atomic mass is 16.5. The average Bonchev–Trinajstić information content (AvgIpc) is 2.65. The van der Waals surface area contributed by atoms with Gasteiger partial charge in [0.25, 0.3) is 0 Å². The Morgan fingerprint density at radius 2 is 0.808 bits per heavy atom. The Morgan fingerprint density at radius 1 is 0.538 bits per heavy atom. The van der Waals surface area contributed by atoms with Crippen molar-refractivity contribution in [1.29, 1.82) is 0 Å². The Bertz CT molecular complexity index is 612. The van der Waals surface area contributed by atoms with Crippen molar-refractivity contribution in [2.75, 3.05) is 28.4 Å². The molecule has 2 fully saturated rings. The molecule has 0 heterocycles. The summed E-state index contributed by atoms with van der Waals surface area (Å²) in [5.74, 6) is -6.39. The van der Waals surface area contributed by atoms with Crippen molar-refractivity contribution in [3.05, 3.63) is 12.2 Å². The van der Waals surface area contributed by atoms with Gasteiger partial charge in [-0.2, -0.15) is 0 Å². The van der Waals surface area contributed by atoms with Crippen molar-refractivity contribution in [3.8, 4) is 0 Å². The number of carbonyl (C=O) groups excluding carboxylic acids is 4. The Hall–Kier alpha value is -2.38. The molecule has 26 heavy (non-hydrogen) atoms. The highest BCUT2D eigenvalue weighted by molar-refractivity contribution is 5.88. The maximum Gasteiger partial charge on any atom is 0.310 e. The normalized spacial score (nSPS) is 39.2. The first-order valence-corrected chi connectivity index (χ1v) is 8.42. The van der Waals surface area contributed by atoms with Crippen LogP contribution in [0.5, 0.6) is 0 Å². The summed E-state index contributed by atoms with van der Waals surface area (Å²) in [7, 11) is 5.04. The predicted molar refractivity (Wildman–Crippen MR) is 85.1 cm³/mol. The third kappa shape index (κ3) is 2.34. The monoisotopic (exact) mass is 366 g/mol. The van der Waals surface area contributed by atoms with Crippen LogP contribution in [0.3, 0.4) is 0 Å². The summed E-state index contributed by atoms with van der Waals surface area (Å²) in [6.45, 7) is 0. The minimum absolute atomic E-state index is 0.286. The highest BCUT2D eigenvalue weighted by Crippen LogP contribution is 2.65. The van der Waals surface area contributed by atoms with Gasteiger partial charge in [-0.25, -0.2) is 0 Å². The van der Waals surface area contributed by atoms with Crippen LogP contribution < -0.4 is 0 Å². The van der Waals surface area contributed by atoms with Gasteiger partial charge in [-0.15, -0.1) is 0 Å². The van der Waals surface area contributed by atoms with E-state index in [1.54, 1.807) is 0 Å². The first kappa shape index (κ1) is 18.4. The van der Waals surface area contributed by atoms with Crippen molar-refractivity contribution >= 4 is 23.9 Å². The first-order valence-electron chi connectivity index (χ1n) is 8.42. The van der Waals surface area contributed by atoms with Gasteiger partial charge >= 0.3 is 23.9 Å². The summed E-state index contributed by atoms with van der Waals surface area (Å²) in [4.78, 5) is 49.4. The van der Waals surface area contributed by atoms with Gasteiger partial charge in [0, 0.05) is 0 Å². The van der Waals surface area contributed by atoms with Gasteiger partial charge < -0.3 is 18.9 Å². The molecule has 8 heteroatoms. The van der Waals surface area contributed by atoms with Crippen LogP contribution in [-0.4, -0.2) is 52.3 Å². The lowest BCUT2D eigenvalue weighted by atomic mass is 9.39. The zero-order valence-electron chi connectivity index (χ0n) is 15.0. The molecule has 0 aromatic heterocycles. The smallest absolute Gasteiger partial charge is 0.310 e. The molecule has 2 saturated carbocycles. The SMILES string of the molecule is COC(=O)[C@@H]1[C@H]2C=C[C@@H]([C@@H]1C(=O)OC)[C@@H]1[C@H](C(=O)OC)[C@H](C(=O)OC)[C@@H]21. The Labute approximate surface area is 150 Å². The molecular weight excluding hydrogens is 344 g/mol. The number of hydrogen-bond donors (Lipinski definition) is 0. The lowest BCUT2D eigenvalue weighted by molar-refractivity contribution is -0.209. The molecule has 0 spiro atoms. The molecule has 0 aliphatic heterocycles. The van der Waals surface area contributed by atoms with Gasteiger partial charge in [0.05, 0.1) is 52.1 Å². The van der Waals surface area contributed by atoms with Gasteiger partial charge in [-0.3, -0.25) is 19.2 Å². The van der Waals surface area contributed by atoms with Crippen LogP contribution in [0.1, 0.15) is 0 Å². The van der Waals surface area contributed by atoms with E-state index in [0.29, 0.717) is 0 Å². The topological polar surface area (TPSA) is 105 Å². The quantitative estimate of drug-likeness (QED) is 0.395. The second kappa shape index (κ2) is 6.74. The van der Waals surface area contributed by atoms with Crippen molar-refractivity contribution in [2.45, 2.75) is 0 Å². The Kier molecular flexibility index (Phi) is 4.77. The summed E-state index contributed by atoms with van der Waals surface area (Å²) >= 11 is 0. The van der Waals surface area contributed by atoms with Gasteiger partial charge in [0.1, 0.15) is 0 Å². The molecule has 0 unspecified atom stereocenters. The fourth-order valence-corrected chi connectivity index (χ4v) is 5.27. The lowest BCUT2D eigenvalue weighted by Crippen LogP contribution is -2.67. The largest absolute Gasteiger partial charge is 0.469 e. The van der Waals surface area contributed by atoms with E-state index in [4.69, 9.17) is 18.9 Å². The van der Waals surface area contributed by atoms with E-state index in [2.05, 4.69) is 0 Å². The summed E-state index contributed by atoms with van der Waals surface area (Å²) in [6, 6.07) is 0. The van der Waals surface area contributed by atoms with Gasteiger partial charge in [0.15, 0.2) is 0 Å². The summed E-state index contributed by atoms with van der Waals surface area (Å²) in [5, 5.41) is 0. The number of esters is 4. The summed E-state index contributed by atoms with van der Waals surface area (Å²) < 4.78 is 19.6.